The average Bonchev–Trinajstić information content (AvgIpc) is 2.75. The van der Waals surface area contributed by atoms with E-state index >= 15 is 0 Å². The molecule has 1 aliphatic rings. The fourth-order valence-corrected chi connectivity index (χ4v) is 3.99. The number of amides is 1. The lowest BCUT2D eigenvalue weighted by atomic mass is 10.1. The van der Waals surface area contributed by atoms with Crippen LogP contribution in [0.15, 0.2) is 24.3 Å². The molecule has 0 aliphatic carbocycles. The van der Waals surface area contributed by atoms with E-state index in [9.17, 15) is 4.79 Å². The van der Waals surface area contributed by atoms with Crippen molar-refractivity contribution in [3.05, 3.63) is 35.4 Å². The molecule has 0 unspecified atom stereocenters. The summed E-state index contributed by atoms with van der Waals surface area (Å²) in [6.45, 7) is 3.97. The van der Waals surface area contributed by atoms with Crippen molar-refractivity contribution in [2.24, 2.45) is 0 Å². The molecule has 0 saturated carbocycles. The number of nitrogens with zero attached hydrogens (tertiary/aromatic N) is 1. The molecular weight excluding hydrogens is 304 g/mol. The minimum absolute atomic E-state index is 0.0810. The summed E-state index contributed by atoms with van der Waals surface area (Å²) in [6.07, 6.45) is 5.69. The number of nitrogens with one attached hydrogen (secondary N) is 1. The molecule has 128 valence electrons. The van der Waals surface area contributed by atoms with E-state index in [0.717, 1.165) is 37.4 Å². The molecule has 3 nitrogen and oxygen atoms in total. The highest BCUT2D eigenvalue weighted by molar-refractivity contribution is 7.98. The highest BCUT2D eigenvalue weighted by Crippen LogP contribution is 2.16. The SMILES string of the molecule is Cc1cccc(CSCCCNC(=O)[C@@H]2CCCCCN2C)c1. The maximum absolute atomic E-state index is 12.3. The van der Waals surface area contributed by atoms with E-state index in [2.05, 4.69) is 48.5 Å². The third-order valence-corrected chi connectivity index (χ3v) is 5.55. The molecule has 1 aromatic rings. The fourth-order valence-electron chi connectivity index (χ4n) is 3.08. The average molecular weight is 335 g/mol. The van der Waals surface area contributed by atoms with Gasteiger partial charge in [-0.25, -0.2) is 0 Å². The molecule has 1 N–H and O–H groups in total. The lowest BCUT2D eigenvalue weighted by molar-refractivity contribution is -0.126. The van der Waals surface area contributed by atoms with Gasteiger partial charge >= 0.3 is 0 Å². The maximum atomic E-state index is 12.3. The van der Waals surface area contributed by atoms with Crippen LogP contribution in [-0.2, 0) is 10.5 Å². The monoisotopic (exact) mass is 334 g/mol. The van der Waals surface area contributed by atoms with Crippen LogP contribution in [0.4, 0.5) is 0 Å². The summed E-state index contributed by atoms with van der Waals surface area (Å²) in [4.78, 5) is 14.5. The van der Waals surface area contributed by atoms with Crippen molar-refractivity contribution < 1.29 is 4.79 Å². The number of likely N-dealkylation sites (tertiary alicyclic amines) is 1. The fraction of sp³-hybridized carbons (Fsp3) is 0.632. The molecule has 4 heteroatoms. The Morgan fingerprint density at radius 3 is 3.04 bits per heavy atom. The Morgan fingerprint density at radius 1 is 1.35 bits per heavy atom. The van der Waals surface area contributed by atoms with Gasteiger partial charge in [-0.15, -0.1) is 0 Å². The lowest BCUT2D eigenvalue weighted by Crippen LogP contribution is -2.45. The largest absolute Gasteiger partial charge is 0.355 e. The van der Waals surface area contributed by atoms with Gasteiger partial charge in [-0.05, 0) is 51.1 Å². The molecule has 0 bridgehead atoms. The van der Waals surface area contributed by atoms with E-state index < -0.39 is 0 Å². The Bertz CT molecular complexity index is 492. The van der Waals surface area contributed by atoms with Crippen LogP contribution in [0.1, 0.15) is 43.2 Å². The van der Waals surface area contributed by atoms with Gasteiger partial charge in [0.1, 0.15) is 0 Å². The smallest absolute Gasteiger partial charge is 0.237 e. The molecule has 1 aliphatic heterocycles. The predicted molar refractivity (Wildman–Crippen MR) is 99.9 cm³/mol. The second-order valence-electron chi connectivity index (χ2n) is 6.53. The number of rotatable bonds is 7. The van der Waals surface area contributed by atoms with Gasteiger partial charge in [0.05, 0.1) is 6.04 Å². The molecule has 1 fully saturated rings. The Morgan fingerprint density at radius 2 is 2.22 bits per heavy atom. The van der Waals surface area contributed by atoms with Crippen molar-refractivity contribution in [3.8, 4) is 0 Å². The second kappa shape index (κ2) is 9.99. The summed E-state index contributed by atoms with van der Waals surface area (Å²) in [5, 5.41) is 3.12. The van der Waals surface area contributed by atoms with Crippen molar-refractivity contribution in [1.29, 1.82) is 0 Å². The maximum Gasteiger partial charge on any atom is 0.237 e. The first-order chi connectivity index (χ1) is 11.2. The molecule has 2 rings (SSSR count). The summed E-state index contributed by atoms with van der Waals surface area (Å²) < 4.78 is 0. The van der Waals surface area contributed by atoms with E-state index in [1.807, 2.05) is 11.8 Å². The summed E-state index contributed by atoms with van der Waals surface area (Å²) in [6, 6.07) is 8.76. The zero-order valence-corrected chi connectivity index (χ0v) is 15.3. The van der Waals surface area contributed by atoms with Crippen LogP contribution in [0.2, 0.25) is 0 Å². The zero-order valence-electron chi connectivity index (χ0n) is 14.5. The predicted octanol–water partition coefficient (Wildman–Crippen LogP) is 3.61. The zero-order chi connectivity index (χ0) is 16.5. The third-order valence-electron chi connectivity index (χ3n) is 4.44. The van der Waals surface area contributed by atoms with Gasteiger partial charge < -0.3 is 5.32 Å². The Balaban J connectivity index is 1.58. The third kappa shape index (κ3) is 6.56. The van der Waals surface area contributed by atoms with Crippen LogP contribution in [-0.4, -0.2) is 42.7 Å². The van der Waals surface area contributed by atoms with Gasteiger partial charge in [0.15, 0.2) is 0 Å². The van der Waals surface area contributed by atoms with Crippen LogP contribution < -0.4 is 5.32 Å². The molecule has 1 atom stereocenters. The normalized spacial score (nSPS) is 19.3. The topological polar surface area (TPSA) is 32.3 Å². The molecule has 23 heavy (non-hydrogen) atoms. The highest BCUT2D eigenvalue weighted by Gasteiger charge is 2.23. The Hall–Kier alpha value is -1.00. The molecule has 1 heterocycles. The van der Waals surface area contributed by atoms with E-state index in [0.29, 0.717) is 0 Å². The molecule has 1 saturated heterocycles. The number of likely N-dealkylation sites (N-methyl/N-ethyl adjacent to an activating group) is 1. The van der Waals surface area contributed by atoms with Crippen LogP contribution in [0.3, 0.4) is 0 Å². The first kappa shape index (κ1) is 18.3. The number of benzene rings is 1. The summed E-state index contributed by atoms with van der Waals surface area (Å²) in [7, 11) is 2.08. The Kier molecular flexibility index (Phi) is 7.96. The molecule has 0 aromatic heterocycles. The lowest BCUT2D eigenvalue weighted by Gasteiger charge is -2.24. The van der Waals surface area contributed by atoms with Gasteiger partial charge in [0.2, 0.25) is 5.91 Å². The minimum Gasteiger partial charge on any atom is -0.355 e. The standard InChI is InChI=1S/C19H30N2OS/c1-16-8-6-9-17(14-16)15-23-13-7-11-20-19(22)18-10-4-3-5-12-21(18)2/h6,8-9,14,18H,3-5,7,10-13,15H2,1-2H3,(H,20,22)/t18-/m0/s1. The highest BCUT2D eigenvalue weighted by atomic mass is 32.2. The number of carbonyl (C=O) groups excluding carboxylic acids is 1. The number of carbonyl (C=O) groups is 1. The molecule has 1 amide bonds. The van der Waals surface area contributed by atoms with E-state index in [1.54, 1.807) is 0 Å². The summed E-state index contributed by atoms with van der Waals surface area (Å²) in [5.41, 5.74) is 2.71. The molecule has 0 spiro atoms. The first-order valence-electron chi connectivity index (χ1n) is 8.78. The second-order valence-corrected chi connectivity index (χ2v) is 7.64. The van der Waals surface area contributed by atoms with Crippen molar-refractivity contribution >= 4 is 17.7 Å². The van der Waals surface area contributed by atoms with Gasteiger partial charge in [-0.3, -0.25) is 9.69 Å². The van der Waals surface area contributed by atoms with Gasteiger partial charge in [-0.1, -0.05) is 42.7 Å². The van der Waals surface area contributed by atoms with Gasteiger partial charge in [0, 0.05) is 12.3 Å². The summed E-state index contributed by atoms with van der Waals surface area (Å²) >= 11 is 1.94. The minimum atomic E-state index is 0.0810. The van der Waals surface area contributed by atoms with Crippen molar-refractivity contribution in [1.82, 2.24) is 10.2 Å². The van der Waals surface area contributed by atoms with Gasteiger partial charge in [0.25, 0.3) is 0 Å². The number of hydrogen-bond donors (Lipinski definition) is 1. The number of aryl methyl sites for hydroxylation is 1. The number of thioether (sulfide) groups is 1. The molecule has 1 aromatic carbocycles. The van der Waals surface area contributed by atoms with E-state index in [-0.39, 0.29) is 11.9 Å². The van der Waals surface area contributed by atoms with Crippen LogP contribution in [0.5, 0.6) is 0 Å². The van der Waals surface area contributed by atoms with E-state index in [1.165, 1.54) is 30.4 Å². The molecule has 0 radical (unpaired) electrons. The van der Waals surface area contributed by atoms with Crippen molar-refractivity contribution in [3.63, 3.8) is 0 Å². The van der Waals surface area contributed by atoms with Crippen LogP contribution in [0.25, 0.3) is 0 Å². The van der Waals surface area contributed by atoms with Crippen molar-refractivity contribution in [2.75, 3.05) is 25.9 Å². The molecular formula is C19H30N2OS. The Labute approximate surface area is 145 Å². The van der Waals surface area contributed by atoms with Crippen molar-refractivity contribution in [2.45, 2.75) is 50.8 Å². The summed E-state index contributed by atoms with van der Waals surface area (Å²) in [5.74, 6) is 2.37. The number of hydrogen-bond acceptors (Lipinski definition) is 3. The van der Waals surface area contributed by atoms with Crippen LogP contribution in [0, 0.1) is 6.92 Å². The first-order valence-corrected chi connectivity index (χ1v) is 9.93. The van der Waals surface area contributed by atoms with Gasteiger partial charge in [-0.2, -0.15) is 11.8 Å². The van der Waals surface area contributed by atoms with Crippen LogP contribution >= 0.6 is 11.8 Å². The van der Waals surface area contributed by atoms with E-state index in [4.69, 9.17) is 0 Å². The quantitative estimate of drug-likeness (QED) is 0.773.